The van der Waals surface area contributed by atoms with Crippen LogP contribution in [0.5, 0.6) is 0 Å². The van der Waals surface area contributed by atoms with Crippen molar-refractivity contribution in [1.29, 1.82) is 0 Å². The number of nitrogens with one attached hydrogen (secondary N) is 1. The maximum Gasteiger partial charge on any atom is 0.338 e. The molecule has 1 N–H and O–H groups in total. The molecule has 0 aliphatic heterocycles. The van der Waals surface area contributed by atoms with Crippen molar-refractivity contribution in [3.8, 4) is 0 Å². The van der Waals surface area contributed by atoms with Crippen LogP contribution in [0.2, 0.25) is 0 Å². The number of hydrogen-bond acceptors (Lipinski definition) is 4. The van der Waals surface area contributed by atoms with Crippen LogP contribution in [0.4, 0.5) is 5.69 Å². The minimum absolute atomic E-state index is 0.136. The van der Waals surface area contributed by atoms with Gasteiger partial charge in [0.15, 0.2) is 0 Å². The van der Waals surface area contributed by atoms with Gasteiger partial charge in [-0.1, -0.05) is 33.6 Å². The van der Waals surface area contributed by atoms with Gasteiger partial charge in [0.25, 0.3) is 0 Å². The normalized spacial score (nSPS) is 13.4. The van der Waals surface area contributed by atoms with Crippen LogP contribution in [-0.2, 0) is 4.74 Å². The van der Waals surface area contributed by atoms with E-state index in [1.54, 1.807) is 0 Å². The average molecular weight is 377 g/mol. The summed E-state index contributed by atoms with van der Waals surface area (Å²) in [6.45, 7) is 16.6. The molecule has 0 heterocycles. The Kier molecular flexibility index (Phi) is 11.1. The molecule has 0 aromatic heterocycles. The molecule has 2 atom stereocenters. The molecule has 0 bridgehead atoms. The summed E-state index contributed by atoms with van der Waals surface area (Å²) in [6.07, 6.45) is 3.70. The van der Waals surface area contributed by atoms with Crippen LogP contribution >= 0.6 is 0 Å². The molecule has 0 saturated heterocycles. The molecule has 1 rings (SSSR count). The highest BCUT2D eigenvalue weighted by Crippen LogP contribution is 2.16. The van der Waals surface area contributed by atoms with Crippen molar-refractivity contribution in [2.45, 2.75) is 66.9 Å². The second-order valence-corrected chi connectivity index (χ2v) is 8.02. The van der Waals surface area contributed by atoms with Crippen LogP contribution in [0.1, 0.15) is 71.2 Å². The van der Waals surface area contributed by atoms with Gasteiger partial charge in [0, 0.05) is 25.3 Å². The van der Waals surface area contributed by atoms with E-state index >= 15 is 0 Å². The first-order chi connectivity index (χ1) is 12.9. The zero-order valence-electron chi connectivity index (χ0n) is 18.3. The first-order valence-corrected chi connectivity index (χ1v) is 10.6. The molecule has 0 saturated carbocycles. The first kappa shape index (κ1) is 23.5. The minimum Gasteiger partial charge on any atom is -0.458 e. The number of nitrogens with zero attached hydrogens (tertiary/aromatic N) is 1. The Bertz CT molecular complexity index is 524. The maximum atomic E-state index is 12.3. The topological polar surface area (TPSA) is 41.6 Å². The Labute approximate surface area is 166 Å². The summed E-state index contributed by atoms with van der Waals surface area (Å²) >= 11 is 0. The lowest BCUT2D eigenvalue weighted by Crippen LogP contribution is -2.31. The van der Waals surface area contributed by atoms with Crippen LogP contribution in [0.25, 0.3) is 0 Å². The fourth-order valence-electron chi connectivity index (χ4n) is 3.20. The number of benzene rings is 1. The summed E-state index contributed by atoms with van der Waals surface area (Å²) in [5.74, 6) is 1.19. The van der Waals surface area contributed by atoms with Gasteiger partial charge < -0.3 is 15.0 Å². The summed E-state index contributed by atoms with van der Waals surface area (Å²) in [5.41, 5.74) is 1.75. The smallest absolute Gasteiger partial charge is 0.338 e. The van der Waals surface area contributed by atoms with Gasteiger partial charge in [0.2, 0.25) is 0 Å². The van der Waals surface area contributed by atoms with E-state index in [1.165, 1.54) is 19.3 Å². The quantitative estimate of drug-likeness (QED) is 0.485. The third-order valence-electron chi connectivity index (χ3n) is 4.94. The Morgan fingerprint density at radius 2 is 1.63 bits per heavy atom. The molecule has 27 heavy (non-hydrogen) atoms. The Morgan fingerprint density at radius 3 is 2.19 bits per heavy atom. The molecule has 0 aliphatic rings. The number of rotatable bonds is 13. The number of hydrogen-bond donors (Lipinski definition) is 1. The van der Waals surface area contributed by atoms with Crippen molar-refractivity contribution in [3.63, 3.8) is 0 Å². The molecule has 0 radical (unpaired) electrons. The largest absolute Gasteiger partial charge is 0.458 e. The lowest BCUT2D eigenvalue weighted by atomic mass is 10.00. The number of esters is 1. The molecular weight excluding hydrogens is 336 g/mol. The molecule has 1 aromatic rings. The fraction of sp³-hybridized carbons (Fsp3) is 0.696. The van der Waals surface area contributed by atoms with E-state index in [-0.39, 0.29) is 12.1 Å². The highest BCUT2D eigenvalue weighted by Gasteiger charge is 2.13. The average Bonchev–Trinajstić information content (AvgIpc) is 2.63. The zero-order valence-corrected chi connectivity index (χ0v) is 18.3. The molecule has 154 valence electrons. The van der Waals surface area contributed by atoms with Crippen molar-refractivity contribution in [3.05, 3.63) is 29.8 Å². The monoisotopic (exact) mass is 376 g/mol. The number of carbonyl (C=O) groups excluding carboxylic acids is 1. The van der Waals surface area contributed by atoms with Gasteiger partial charge in [-0.15, -0.1) is 0 Å². The van der Waals surface area contributed by atoms with Crippen molar-refractivity contribution < 1.29 is 9.53 Å². The minimum atomic E-state index is -0.250. The molecule has 0 aliphatic carbocycles. The van der Waals surface area contributed by atoms with Gasteiger partial charge in [-0.05, 0) is 69.8 Å². The van der Waals surface area contributed by atoms with Crippen molar-refractivity contribution in [2.75, 3.05) is 31.1 Å². The van der Waals surface area contributed by atoms with Gasteiger partial charge in [-0.25, -0.2) is 4.79 Å². The second kappa shape index (κ2) is 12.8. The number of carbonyl (C=O) groups is 1. The molecular formula is C23H40N2O2. The fourth-order valence-corrected chi connectivity index (χ4v) is 3.20. The van der Waals surface area contributed by atoms with E-state index in [1.807, 2.05) is 31.2 Å². The number of ether oxygens (including phenoxy) is 1. The van der Waals surface area contributed by atoms with Gasteiger partial charge in [-0.3, -0.25) is 0 Å². The van der Waals surface area contributed by atoms with Crippen molar-refractivity contribution in [2.24, 2.45) is 11.8 Å². The Hall–Kier alpha value is -1.55. The highest BCUT2D eigenvalue weighted by molar-refractivity contribution is 5.90. The van der Waals surface area contributed by atoms with Gasteiger partial charge in [-0.2, -0.15) is 0 Å². The summed E-state index contributed by atoms with van der Waals surface area (Å²) in [6, 6.07) is 7.69. The van der Waals surface area contributed by atoms with Crippen molar-refractivity contribution in [1.82, 2.24) is 5.32 Å². The lowest BCUT2D eigenvalue weighted by Gasteiger charge is -2.21. The van der Waals surface area contributed by atoms with E-state index in [2.05, 4.69) is 44.8 Å². The number of anilines is 1. The Balaban J connectivity index is 2.33. The van der Waals surface area contributed by atoms with E-state index in [0.29, 0.717) is 18.0 Å². The van der Waals surface area contributed by atoms with Gasteiger partial charge in [0.05, 0.1) is 5.56 Å². The van der Waals surface area contributed by atoms with Gasteiger partial charge in [0.1, 0.15) is 6.10 Å². The predicted octanol–water partition coefficient (Wildman–Crippen LogP) is 5.13. The molecule has 0 amide bonds. The van der Waals surface area contributed by atoms with Crippen LogP contribution in [0.15, 0.2) is 24.3 Å². The van der Waals surface area contributed by atoms with Crippen LogP contribution in [-0.4, -0.2) is 38.3 Å². The van der Waals surface area contributed by atoms with Crippen LogP contribution in [0, 0.1) is 11.8 Å². The van der Waals surface area contributed by atoms with Crippen LogP contribution < -0.4 is 10.2 Å². The SMILES string of the molecule is CCN(CC)c1ccc(C(=O)O[C@@H](C)CNC[C@@H](C)CCCC(C)C)cc1. The van der Waals surface area contributed by atoms with Crippen LogP contribution in [0.3, 0.4) is 0 Å². The summed E-state index contributed by atoms with van der Waals surface area (Å²) in [4.78, 5) is 14.6. The molecule has 4 heteroatoms. The zero-order chi connectivity index (χ0) is 20.2. The van der Waals surface area contributed by atoms with Gasteiger partial charge >= 0.3 is 5.97 Å². The van der Waals surface area contributed by atoms with Crippen molar-refractivity contribution >= 4 is 11.7 Å². The molecule has 0 fully saturated rings. The van der Waals surface area contributed by atoms with E-state index < -0.39 is 0 Å². The first-order valence-electron chi connectivity index (χ1n) is 10.6. The standard InChI is InChI=1S/C23H40N2O2/c1-7-25(8-2)22-14-12-21(13-15-22)23(26)27-20(6)17-24-16-19(5)11-9-10-18(3)4/h12-15,18-20,24H,7-11,16-17H2,1-6H3/t19-,20-/m0/s1. The third kappa shape index (κ3) is 9.28. The van der Waals surface area contributed by atoms with E-state index in [0.717, 1.165) is 31.2 Å². The lowest BCUT2D eigenvalue weighted by molar-refractivity contribution is 0.0341. The molecule has 0 spiro atoms. The second-order valence-electron chi connectivity index (χ2n) is 8.02. The van der Waals surface area contributed by atoms with E-state index in [4.69, 9.17) is 4.74 Å². The summed E-state index contributed by atoms with van der Waals surface area (Å²) < 4.78 is 5.57. The summed E-state index contributed by atoms with van der Waals surface area (Å²) in [7, 11) is 0. The molecule has 1 aromatic carbocycles. The molecule has 0 unspecified atom stereocenters. The maximum absolute atomic E-state index is 12.3. The highest BCUT2D eigenvalue weighted by atomic mass is 16.5. The summed E-state index contributed by atoms with van der Waals surface area (Å²) in [5, 5.41) is 3.44. The predicted molar refractivity (Wildman–Crippen MR) is 116 cm³/mol. The Morgan fingerprint density at radius 1 is 1.00 bits per heavy atom. The molecule has 4 nitrogen and oxygen atoms in total. The third-order valence-corrected chi connectivity index (χ3v) is 4.94. The van der Waals surface area contributed by atoms with E-state index in [9.17, 15) is 4.79 Å².